The number of halogens is 1. The Labute approximate surface area is 272 Å². The second-order valence-corrected chi connectivity index (χ2v) is 12.2. The molecule has 12 heteroatoms. The van der Waals surface area contributed by atoms with Gasteiger partial charge in [0.2, 0.25) is 5.91 Å². The van der Waals surface area contributed by atoms with Crippen LogP contribution in [0.3, 0.4) is 0 Å². The lowest BCUT2D eigenvalue weighted by molar-refractivity contribution is -0.144. The van der Waals surface area contributed by atoms with Crippen LogP contribution in [0.2, 0.25) is 5.02 Å². The van der Waals surface area contributed by atoms with Crippen molar-refractivity contribution in [3.8, 4) is 11.5 Å². The number of carbonyl (C=O) groups is 4. The van der Waals surface area contributed by atoms with Gasteiger partial charge >= 0.3 is 11.9 Å². The molecule has 3 aromatic carbocycles. The average Bonchev–Trinajstić information content (AvgIpc) is 3.10. The van der Waals surface area contributed by atoms with Crippen LogP contribution in [-0.2, 0) is 23.9 Å². The minimum atomic E-state index is -1.31. The van der Waals surface area contributed by atoms with Gasteiger partial charge in [0.25, 0.3) is 5.91 Å². The monoisotopic (exact) mass is 652 g/mol. The highest BCUT2D eigenvalue weighted by Crippen LogP contribution is 2.45. The SMILES string of the molecule is COc1cccc([C@H]2O[C@H](CC(=O)Nc3cc(C(=O)O)ccc3C)C(=O)N(CC(C)(C)COC(C)=O)c3ccc(Cl)cc32)c1OC. The van der Waals surface area contributed by atoms with Crippen LogP contribution in [0.4, 0.5) is 11.4 Å². The van der Waals surface area contributed by atoms with Gasteiger partial charge < -0.3 is 34.3 Å². The summed E-state index contributed by atoms with van der Waals surface area (Å²) in [5, 5.41) is 12.6. The number of benzene rings is 3. The third kappa shape index (κ3) is 7.78. The van der Waals surface area contributed by atoms with Crippen LogP contribution < -0.4 is 19.7 Å². The van der Waals surface area contributed by atoms with Crippen molar-refractivity contribution in [1.82, 2.24) is 0 Å². The predicted molar refractivity (Wildman–Crippen MR) is 172 cm³/mol. The highest BCUT2D eigenvalue weighted by atomic mass is 35.5. The van der Waals surface area contributed by atoms with Crippen molar-refractivity contribution in [3.05, 3.63) is 81.9 Å². The average molecular weight is 653 g/mol. The minimum absolute atomic E-state index is 0.00129. The maximum absolute atomic E-state index is 14.4. The summed E-state index contributed by atoms with van der Waals surface area (Å²) in [7, 11) is 3.00. The van der Waals surface area contributed by atoms with E-state index in [4.69, 9.17) is 30.5 Å². The third-order valence-electron chi connectivity index (χ3n) is 7.50. The zero-order valence-corrected chi connectivity index (χ0v) is 27.3. The molecule has 2 amide bonds. The van der Waals surface area contributed by atoms with Gasteiger partial charge in [-0.2, -0.15) is 0 Å². The molecule has 244 valence electrons. The summed E-state index contributed by atoms with van der Waals surface area (Å²) in [6, 6.07) is 14.7. The molecule has 0 aromatic heterocycles. The van der Waals surface area contributed by atoms with E-state index < -0.39 is 47.8 Å². The Bertz CT molecular complexity index is 1660. The largest absolute Gasteiger partial charge is 0.493 e. The first kappa shape index (κ1) is 34.3. The summed E-state index contributed by atoms with van der Waals surface area (Å²) in [5.41, 5.74) is 1.81. The number of aryl methyl sites for hydroxylation is 1. The number of hydrogen-bond donors (Lipinski definition) is 2. The highest BCUT2D eigenvalue weighted by molar-refractivity contribution is 6.30. The first-order valence-corrected chi connectivity index (χ1v) is 14.9. The summed E-state index contributed by atoms with van der Waals surface area (Å²) in [6.45, 7) is 6.89. The number of nitrogens with one attached hydrogen (secondary N) is 1. The van der Waals surface area contributed by atoms with Crippen molar-refractivity contribution in [1.29, 1.82) is 0 Å². The van der Waals surface area contributed by atoms with Gasteiger partial charge in [-0.1, -0.05) is 43.6 Å². The zero-order valence-electron chi connectivity index (χ0n) is 26.5. The number of ether oxygens (including phenoxy) is 4. The van der Waals surface area contributed by atoms with E-state index in [-0.39, 0.29) is 18.7 Å². The standard InChI is InChI=1S/C34H37ClN2O9/c1-19-10-11-21(33(41)42)14-25(19)36-29(39)16-28-32(40)37(17-34(3,4)18-45-20(2)38)26-13-12-22(35)15-24(26)30(46-28)23-8-7-9-27(43-5)31(23)44-6/h7-15,28,30H,16-18H2,1-6H3,(H,36,39)(H,41,42)/t28-,30-/m1/s1. The third-order valence-corrected chi connectivity index (χ3v) is 7.74. The maximum Gasteiger partial charge on any atom is 0.335 e. The lowest BCUT2D eigenvalue weighted by Crippen LogP contribution is -2.46. The molecule has 11 nitrogen and oxygen atoms in total. The summed E-state index contributed by atoms with van der Waals surface area (Å²) >= 11 is 6.50. The molecule has 0 saturated heterocycles. The normalized spacial score (nSPS) is 16.2. The van der Waals surface area contributed by atoms with Crippen LogP contribution in [-0.4, -0.2) is 62.3 Å². The van der Waals surface area contributed by atoms with Crippen LogP contribution in [0.25, 0.3) is 0 Å². The number of amides is 2. The van der Waals surface area contributed by atoms with Crippen LogP contribution in [0.5, 0.6) is 11.5 Å². The summed E-state index contributed by atoms with van der Waals surface area (Å²) in [6.07, 6.45) is -2.64. The predicted octanol–water partition coefficient (Wildman–Crippen LogP) is 5.80. The van der Waals surface area contributed by atoms with Crippen LogP contribution >= 0.6 is 11.6 Å². The zero-order chi connectivity index (χ0) is 33.8. The number of esters is 1. The molecule has 0 aliphatic carbocycles. The van der Waals surface area contributed by atoms with Crippen LogP contribution in [0, 0.1) is 12.3 Å². The fourth-order valence-corrected chi connectivity index (χ4v) is 5.44. The second-order valence-electron chi connectivity index (χ2n) is 11.7. The topological polar surface area (TPSA) is 141 Å². The van der Waals surface area contributed by atoms with Crippen molar-refractivity contribution in [2.45, 2.75) is 46.3 Å². The number of para-hydroxylation sites is 1. The molecule has 2 N–H and O–H groups in total. The number of carbonyl (C=O) groups excluding carboxylic acids is 3. The van der Waals surface area contributed by atoms with E-state index in [1.807, 2.05) is 13.8 Å². The molecule has 0 saturated carbocycles. The van der Waals surface area contributed by atoms with E-state index in [2.05, 4.69) is 5.32 Å². The molecule has 1 aliphatic heterocycles. The number of carboxylic acids is 1. The molecule has 0 bridgehead atoms. The molecule has 0 spiro atoms. The van der Waals surface area contributed by atoms with E-state index >= 15 is 0 Å². The number of anilines is 2. The second kappa shape index (κ2) is 14.2. The molecule has 1 heterocycles. The lowest BCUT2D eigenvalue weighted by Gasteiger charge is -2.33. The maximum atomic E-state index is 14.4. The minimum Gasteiger partial charge on any atom is -0.493 e. The number of hydrogen-bond acceptors (Lipinski definition) is 8. The van der Waals surface area contributed by atoms with E-state index in [9.17, 15) is 24.3 Å². The number of aromatic carboxylic acids is 1. The Morgan fingerprint density at radius 1 is 1.04 bits per heavy atom. The smallest absolute Gasteiger partial charge is 0.335 e. The number of rotatable bonds is 11. The molecule has 46 heavy (non-hydrogen) atoms. The fourth-order valence-electron chi connectivity index (χ4n) is 5.26. The molecule has 0 fully saturated rings. The Morgan fingerprint density at radius 3 is 2.43 bits per heavy atom. The number of fused-ring (bicyclic) bond motifs is 1. The molecule has 3 aromatic rings. The molecule has 4 rings (SSSR count). The fraction of sp³-hybridized carbons (Fsp3) is 0.353. The summed E-state index contributed by atoms with van der Waals surface area (Å²) in [5.74, 6) is -1.85. The molecule has 2 atom stereocenters. The van der Waals surface area contributed by atoms with Crippen LogP contribution in [0.1, 0.15) is 60.3 Å². The molecular formula is C34H37ClN2O9. The highest BCUT2D eigenvalue weighted by Gasteiger charge is 2.41. The number of carboxylic acid groups (broad SMARTS) is 1. The first-order valence-electron chi connectivity index (χ1n) is 14.5. The quantitative estimate of drug-likeness (QED) is 0.246. The van der Waals surface area contributed by atoms with Gasteiger partial charge in [-0.25, -0.2) is 4.79 Å². The van der Waals surface area contributed by atoms with Crippen molar-refractivity contribution < 1.29 is 43.2 Å². The van der Waals surface area contributed by atoms with Crippen molar-refractivity contribution >= 4 is 46.7 Å². The van der Waals surface area contributed by atoms with E-state index in [0.717, 1.165) is 0 Å². The Balaban J connectivity index is 1.81. The van der Waals surface area contributed by atoms with Crippen molar-refractivity contribution in [2.75, 3.05) is 37.6 Å². The van der Waals surface area contributed by atoms with E-state index in [1.54, 1.807) is 49.4 Å². The van der Waals surface area contributed by atoms with Crippen LogP contribution in [0.15, 0.2) is 54.6 Å². The van der Waals surface area contributed by atoms with Gasteiger partial charge in [0.05, 0.1) is 32.8 Å². The number of nitrogens with zero attached hydrogens (tertiary/aromatic N) is 1. The lowest BCUT2D eigenvalue weighted by atomic mass is 9.92. The molecule has 0 radical (unpaired) electrons. The van der Waals surface area contributed by atoms with Gasteiger partial charge in [-0.05, 0) is 48.9 Å². The van der Waals surface area contributed by atoms with E-state index in [1.165, 1.54) is 38.2 Å². The summed E-state index contributed by atoms with van der Waals surface area (Å²) < 4.78 is 23.1. The van der Waals surface area contributed by atoms with Gasteiger partial charge in [-0.15, -0.1) is 0 Å². The van der Waals surface area contributed by atoms with Gasteiger partial charge in [0.1, 0.15) is 12.2 Å². The van der Waals surface area contributed by atoms with E-state index in [0.29, 0.717) is 44.6 Å². The van der Waals surface area contributed by atoms with Gasteiger partial charge in [-0.3, -0.25) is 14.4 Å². The Morgan fingerprint density at radius 2 is 1.78 bits per heavy atom. The Kier molecular flexibility index (Phi) is 10.6. The molecular weight excluding hydrogens is 616 g/mol. The first-order chi connectivity index (χ1) is 21.7. The van der Waals surface area contributed by atoms with Crippen molar-refractivity contribution in [3.63, 3.8) is 0 Å². The van der Waals surface area contributed by atoms with Gasteiger partial charge in [0.15, 0.2) is 11.5 Å². The Hall–Kier alpha value is -4.61. The number of methoxy groups -OCH3 is 2. The molecule has 0 unspecified atom stereocenters. The summed E-state index contributed by atoms with van der Waals surface area (Å²) in [4.78, 5) is 52.6. The van der Waals surface area contributed by atoms with Crippen molar-refractivity contribution in [2.24, 2.45) is 5.41 Å². The molecule has 1 aliphatic rings. The van der Waals surface area contributed by atoms with Gasteiger partial charge in [0, 0.05) is 46.4 Å².